The summed E-state index contributed by atoms with van der Waals surface area (Å²) in [7, 11) is 1.39. The normalized spacial score (nSPS) is 13.1. The number of nitrogens with zero attached hydrogens (tertiary/aromatic N) is 1. The maximum Gasteiger partial charge on any atom is 0.338 e. The van der Waals surface area contributed by atoms with Gasteiger partial charge in [0.05, 0.1) is 24.1 Å². The van der Waals surface area contributed by atoms with E-state index in [4.69, 9.17) is 19.9 Å². The molecule has 2 aromatic rings. The van der Waals surface area contributed by atoms with Crippen LogP contribution in [0.3, 0.4) is 0 Å². The second kappa shape index (κ2) is 8.26. The molecule has 2 aliphatic rings. The number of ether oxygens (including phenoxy) is 1. The molecule has 0 amide bonds. The standard InChI is InChI=1S/C26H26N2O3/c1-15(2)16(3)28-18-10-12-22-24(14-18)31-23-13-17(27)9-11-21(23)25(22)19-7-5-6-8-20(19)26(29)30-4/h5-16H,27H2,1-4H3. The van der Waals surface area contributed by atoms with Crippen LogP contribution in [0, 0.1) is 5.92 Å². The minimum Gasteiger partial charge on any atom is -0.465 e. The zero-order valence-corrected chi connectivity index (χ0v) is 18.2. The Morgan fingerprint density at radius 3 is 2.52 bits per heavy atom. The Balaban J connectivity index is 2.08. The summed E-state index contributed by atoms with van der Waals surface area (Å²) in [5.74, 6) is 0.738. The van der Waals surface area contributed by atoms with Gasteiger partial charge in [-0.1, -0.05) is 32.0 Å². The van der Waals surface area contributed by atoms with E-state index in [1.807, 2.05) is 48.5 Å². The Hall–Kier alpha value is -3.60. The third kappa shape index (κ3) is 3.91. The van der Waals surface area contributed by atoms with Crippen molar-refractivity contribution in [3.8, 4) is 22.5 Å². The van der Waals surface area contributed by atoms with Crippen LogP contribution < -0.4 is 11.1 Å². The molecule has 1 heterocycles. The maximum absolute atomic E-state index is 12.5. The van der Waals surface area contributed by atoms with Crippen LogP contribution in [0.5, 0.6) is 0 Å². The first kappa shape index (κ1) is 20.7. The summed E-state index contributed by atoms with van der Waals surface area (Å²) >= 11 is 0. The zero-order valence-electron chi connectivity index (χ0n) is 18.2. The molecule has 158 valence electrons. The first-order valence-corrected chi connectivity index (χ1v) is 10.4. The number of carbonyl (C=O) groups excluding carboxylic acids is 1. The van der Waals surface area contributed by atoms with E-state index < -0.39 is 0 Å². The Morgan fingerprint density at radius 1 is 1.00 bits per heavy atom. The lowest BCUT2D eigenvalue weighted by Gasteiger charge is -2.17. The van der Waals surface area contributed by atoms with Crippen LogP contribution in [0.4, 0.5) is 5.69 Å². The van der Waals surface area contributed by atoms with Crippen LogP contribution in [0.15, 0.2) is 70.1 Å². The molecule has 0 spiro atoms. The Bertz CT molecular complexity index is 1300. The number of esters is 1. The van der Waals surface area contributed by atoms with E-state index in [1.54, 1.807) is 12.1 Å². The molecular formula is C26H26N2O3. The number of hydrogen-bond donors (Lipinski definition) is 1. The van der Waals surface area contributed by atoms with Crippen molar-refractivity contribution in [2.45, 2.75) is 26.8 Å². The molecule has 1 aliphatic carbocycles. The molecule has 0 radical (unpaired) electrons. The molecule has 1 unspecified atom stereocenters. The third-order valence-electron chi connectivity index (χ3n) is 5.65. The molecule has 0 fully saturated rings. The highest BCUT2D eigenvalue weighted by atomic mass is 16.5. The smallest absolute Gasteiger partial charge is 0.338 e. The van der Waals surface area contributed by atoms with Crippen LogP contribution in [0.1, 0.15) is 31.1 Å². The van der Waals surface area contributed by atoms with Crippen LogP contribution in [0.25, 0.3) is 33.4 Å². The van der Waals surface area contributed by atoms with Crippen molar-refractivity contribution in [2.75, 3.05) is 12.8 Å². The first-order chi connectivity index (χ1) is 14.9. The fourth-order valence-corrected chi connectivity index (χ4v) is 3.64. The molecule has 0 bridgehead atoms. The average Bonchev–Trinajstić information content (AvgIpc) is 2.76. The molecule has 4 rings (SSSR count). The summed E-state index contributed by atoms with van der Waals surface area (Å²) in [6.45, 7) is 6.40. The van der Waals surface area contributed by atoms with Gasteiger partial charge in [0.25, 0.3) is 0 Å². The summed E-state index contributed by atoms with van der Waals surface area (Å²) in [6, 6.07) is 19.1. The quantitative estimate of drug-likeness (QED) is 0.271. The van der Waals surface area contributed by atoms with E-state index in [-0.39, 0.29) is 12.0 Å². The van der Waals surface area contributed by atoms with Gasteiger partial charge in [-0.15, -0.1) is 0 Å². The monoisotopic (exact) mass is 414 g/mol. The van der Waals surface area contributed by atoms with Crippen molar-refractivity contribution in [2.24, 2.45) is 10.9 Å². The molecule has 0 saturated carbocycles. The summed E-state index contributed by atoms with van der Waals surface area (Å²) in [4.78, 5) is 17.3. The van der Waals surface area contributed by atoms with E-state index >= 15 is 0 Å². The van der Waals surface area contributed by atoms with Crippen LogP contribution in [0.2, 0.25) is 0 Å². The predicted molar refractivity (Wildman–Crippen MR) is 124 cm³/mol. The van der Waals surface area contributed by atoms with Gasteiger partial charge in [0.2, 0.25) is 0 Å². The number of carbonyl (C=O) groups is 1. The number of nitrogen functional groups attached to an aromatic ring is 1. The minimum atomic E-state index is -0.384. The van der Waals surface area contributed by atoms with E-state index in [0.717, 1.165) is 27.4 Å². The summed E-state index contributed by atoms with van der Waals surface area (Å²) in [6.07, 6.45) is 0. The van der Waals surface area contributed by atoms with Gasteiger partial charge in [-0.3, -0.25) is 4.99 Å². The van der Waals surface area contributed by atoms with Crippen LogP contribution >= 0.6 is 0 Å². The Labute approximate surface area is 181 Å². The van der Waals surface area contributed by atoms with Crippen molar-refractivity contribution < 1.29 is 13.9 Å². The van der Waals surface area contributed by atoms with Crippen molar-refractivity contribution >= 4 is 22.6 Å². The SMILES string of the molecule is COC(=O)c1ccccc1-c1c2ccc(=NC(C)C(C)C)cc-2oc2cc(N)ccc12. The molecule has 1 aliphatic heterocycles. The van der Waals surface area contributed by atoms with Crippen molar-refractivity contribution in [1.82, 2.24) is 0 Å². The molecule has 5 nitrogen and oxygen atoms in total. The van der Waals surface area contributed by atoms with Gasteiger partial charge in [0.15, 0.2) is 0 Å². The van der Waals surface area contributed by atoms with Crippen molar-refractivity contribution in [3.05, 3.63) is 71.6 Å². The molecule has 2 N–H and O–H groups in total. The topological polar surface area (TPSA) is 77.8 Å². The predicted octanol–water partition coefficient (Wildman–Crippen LogP) is 5.52. The van der Waals surface area contributed by atoms with Gasteiger partial charge in [0, 0.05) is 34.3 Å². The van der Waals surface area contributed by atoms with Crippen molar-refractivity contribution in [1.29, 1.82) is 0 Å². The number of fused-ring (bicyclic) bond motifs is 2. The first-order valence-electron chi connectivity index (χ1n) is 10.4. The highest BCUT2D eigenvalue weighted by Gasteiger charge is 2.21. The largest absolute Gasteiger partial charge is 0.465 e. The van der Waals surface area contributed by atoms with Gasteiger partial charge < -0.3 is 14.9 Å². The number of nitrogens with two attached hydrogens (primary N) is 1. The minimum absolute atomic E-state index is 0.188. The molecule has 5 heteroatoms. The maximum atomic E-state index is 12.5. The number of benzene rings is 3. The molecule has 1 atom stereocenters. The Kier molecular flexibility index (Phi) is 5.51. The van der Waals surface area contributed by atoms with Crippen molar-refractivity contribution in [3.63, 3.8) is 0 Å². The summed E-state index contributed by atoms with van der Waals surface area (Å²) in [5, 5.41) is 1.73. The van der Waals surface area contributed by atoms with Gasteiger partial charge in [0.1, 0.15) is 11.3 Å². The number of rotatable bonds is 4. The van der Waals surface area contributed by atoms with Crippen LogP contribution in [-0.4, -0.2) is 19.1 Å². The molecular weight excluding hydrogens is 388 g/mol. The Morgan fingerprint density at radius 2 is 1.77 bits per heavy atom. The number of methoxy groups -OCH3 is 1. The van der Waals surface area contributed by atoms with E-state index in [0.29, 0.717) is 28.5 Å². The highest BCUT2D eigenvalue weighted by Crippen LogP contribution is 2.41. The number of hydrogen-bond acceptors (Lipinski definition) is 5. The van der Waals surface area contributed by atoms with Crippen LogP contribution in [-0.2, 0) is 4.74 Å². The van der Waals surface area contributed by atoms with Gasteiger partial charge >= 0.3 is 5.97 Å². The van der Waals surface area contributed by atoms with E-state index in [9.17, 15) is 4.79 Å². The zero-order chi connectivity index (χ0) is 22.1. The molecule has 0 aromatic heterocycles. The van der Waals surface area contributed by atoms with Gasteiger partial charge in [-0.25, -0.2) is 4.79 Å². The highest BCUT2D eigenvalue weighted by molar-refractivity contribution is 6.08. The second-order valence-electron chi connectivity index (χ2n) is 8.06. The average molecular weight is 415 g/mol. The van der Waals surface area contributed by atoms with Gasteiger partial charge in [-0.2, -0.15) is 0 Å². The second-order valence-corrected chi connectivity index (χ2v) is 8.06. The third-order valence-corrected chi connectivity index (χ3v) is 5.65. The van der Waals surface area contributed by atoms with Gasteiger partial charge in [-0.05, 0) is 48.7 Å². The molecule has 0 saturated heterocycles. The van der Waals surface area contributed by atoms with E-state index in [2.05, 4.69) is 20.8 Å². The number of anilines is 1. The lowest BCUT2D eigenvalue weighted by molar-refractivity contribution is 0.0601. The fraction of sp³-hybridized carbons (Fsp3) is 0.231. The fourth-order valence-electron chi connectivity index (χ4n) is 3.64. The molecule has 2 aromatic carbocycles. The lowest BCUT2D eigenvalue weighted by atomic mass is 9.90. The van der Waals surface area contributed by atoms with E-state index in [1.165, 1.54) is 7.11 Å². The lowest BCUT2D eigenvalue weighted by Crippen LogP contribution is -2.14. The summed E-state index contributed by atoms with van der Waals surface area (Å²) < 4.78 is 11.3. The summed E-state index contributed by atoms with van der Waals surface area (Å²) in [5.41, 5.74) is 10.4. The molecule has 31 heavy (non-hydrogen) atoms.